The number of fused-ring (bicyclic) bond motifs is 1. The lowest BCUT2D eigenvalue weighted by Gasteiger charge is -2.17. The minimum absolute atomic E-state index is 0.0811. The fourth-order valence-corrected chi connectivity index (χ4v) is 5.02. The molecule has 0 bridgehead atoms. The fourth-order valence-electron chi connectivity index (χ4n) is 5.02. The summed E-state index contributed by atoms with van der Waals surface area (Å²) < 4.78 is 12.3. The number of carbonyl (C=O) groups excluding carboxylic acids is 1. The van der Waals surface area contributed by atoms with Gasteiger partial charge in [-0.05, 0) is 78.9 Å². The van der Waals surface area contributed by atoms with E-state index in [4.69, 9.17) is 14.5 Å². The molecule has 0 aliphatic rings. The van der Waals surface area contributed by atoms with E-state index < -0.39 is 23.0 Å². The number of nitrogens with one attached hydrogen (secondary N) is 1. The summed E-state index contributed by atoms with van der Waals surface area (Å²) in [7, 11) is 1.62. The maximum atomic E-state index is 13.7. The first-order chi connectivity index (χ1) is 22.1. The van der Waals surface area contributed by atoms with E-state index in [1.165, 1.54) is 23.0 Å². The molecule has 1 N–H and O–H groups in total. The van der Waals surface area contributed by atoms with Crippen LogP contribution in [0.5, 0.6) is 11.5 Å². The van der Waals surface area contributed by atoms with Crippen molar-refractivity contribution >= 4 is 34.4 Å². The number of carbonyl (C=O) groups is 1. The van der Waals surface area contributed by atoms with Crippen LogP contribution in [-0.2, 0) is 4.79 Å². The number of aryl methyl sites for hydroxylation is 2. The highest BCUT2D eigenvalue weighted by atomic mass is 16.6. The van der Waals surface area contributed by atoms with E-state index in [-0.39, 0.29) is 17.4 Å². The van der Waals surface area contributed by atoms with Gasteiger partial charge in [0.1, 0.15) is 5.75 Å². The van der Waals surface area contributed by atoms with Crippen molar-refractivity contribution in [1.82, 2.24) is 9.66 Å². The lowest BCUT2D eigenvalue weighted by Crippen LogP contribution is -2.21. The highest BCUT2D eigenvalue weighted by Crippen LogP contribution is 2.34. The minimum Gasteiger partial charge on any atom is -0.496 e. The third-order valence-corrected chi connectivity index (χ3v) is 7.47. The van der Waals surface area contributed by atoms with Gasteiger partial charge >= 0.3 is 5.69 Å². The zero-order valence-corrected chi connectivity index (χ0v) is 26.1. The normalized spacial score (nSPS) is 11.3. The van der Waals surface area contributed by atoms with E-state index >= 15 is 0 Å². The van der Waals surface area contributed by atoms with Gasteiger partial charge in [0.25, 0.3) is 11.5 Å². The molecule has 0 unspecified atom stereocenters. The number of nitro benzene ring substituents is 1. The summed E-state index contributed by atoms with van der Waals surface area (Å²) in [5.74, 6) is 0.642. The molecule has 46 heavy (non-hydrogen) atoms. The Bertz CT molecular complexity index is 2050. The molecule has 1 heterocycles. The summed E-state index contributed by atoms with van der Waals surface area (Å²) in [6.45, 7) is 7.43. The molecule has 11 nitrogen and oxygen atoms in total. The van der Waals surface area contributed by atoms with Gasteiger partial charge in [-0.3, -0.25) is 19.7 Å². The Kier molecular flexibility index (Phi) is 9.22. The minimum atomic E-state index is -0.602. The van der Waals surface area contributed by atoms with Crippen LogP contribution in [0, 0.1) is 24.0 Å². The van der Waals surface area contributed by atoms with Crippen molar-refractivity contribution in [3.63, 3.8) is 0 Å². The monoisotopic (exact) mass is 619 g/mol. The molecular formula is C35H33N5O6. The molecule has 234 valence electrons. The molecule has 5 rings (SSSR count). The number of methoxy groups -OCH3 is 1. The van der Waals surface area contributed by atoms with Crippen molar-refractivity contribution in [3.8, 4) is 22.9 Å². The Morgan fingerprint density at radius 2 is 1.76 bits per heavy atom. The molecule has 0 saturated carbocycles. The average Bonchev–Trinajstić information content (AvgIpc) is 3.04. The Hall–Kier alpha value is -5.84. The van der Waals surface area contributed by atoms with Gasteiger partial charge in [0.2, 0.25) is 0 Å². The lowest BCUT2D eigenvalue weighted by atomic mass is 9.96. The fraction of sp³-hybridized carbons (Fsp3) is 0.200. The highest BCUT2D eigenvalue weighted by molar-refractivity contribution is 5.92. The molecule has 5 aromatic rings. The molecule has 0 atom stereocenters. The molecule has 0 aliphatic heterocycles. The second-order valence-electron chi connectivity index (χ2n) is 11.0. The molecule has 0 aliphatic carbocycles. The summed E-state index contributed by atoms with van der Waals surface area (Å²) in [6, 6.07) is 22.3. The number of amides is 1. The summed E-state index contributed by atoms with van der Waals surface area (Å²) >= 11 is 0. The Labute approximate surface area is 265 Å². The third kappa shape index (κ3) is 6.63. The third-order valence-electron chi connectivity index (χ3n) is 7.47. The van der Waals surface area contributed by atoms with Gasteiger partial charge in [0, 0.05) is 22.9 Å². The molecule has 0 spiro atoms. The number of rotatable bonds is 10. The zero-order valence-electron chi connectivity index (χ0n) is 26.1. The SMILES string of the molecule is COc1cc(C)c(-c2nc3ccccc3c(=O)n2N=Cc2ccc(OCC(=O)Nc3ccccc3C)c([N+](=O)[O-])c2)cc1C(C)C. The van der Waals surface area contributed by atoms with Gasteiger partial charge in [-0.2, -0.15) is 9.78 Å². The van der Waals surface area contributed by atoms with Crippen LogP contribution in [0.2, 0.25) is 0 Å². The van der Waals surface area contributed by atoms with Crippen LogP contribution in [0.25, 0.3) is 22.3 Å². The second kappa shape index (κ2) is 13.4. The van der Waals surface area contributed by atoms with Crippen LogP contribution < -0.4 is 20.3 Å². The van der Waals surface area contributed by atoms with Crippen molar-refractivity contribution in [2.45, 2.75) is 33.6 Å². The van der Waals surface area contributed by atoms with Gasteiger partial charge in [0.15, 0.2) is 18.2 Å². The van der Waals surface area contributed by atoms with Gasteiger partial charge in [-0.15, -0.1) is 0 Å². The molecule has 0 fully saturated rings. The van der Waals surface area contributed by atoms with Crippen molar-refractivity contribution < 1.29 is 19.2 Å². The summed E-state index contributed by atoms with van der Waals surface area (Å²) in [6.07, 6.45) is 1.35. The summed E-state index contributed by atoms with van der Waals surface area (Å²) in [5, 5.41) is 19.5. The second-order valence-corrected chi connectivity index (χ2v) is 11.0. The predicted octanol–water partition coefficient (Wildman–Crippen LogP) is 6.62. The van der Waals surface area contributed by atoms with E-state index in [1.807, 2.05) is 58.0 Å². The van der Waals surface area contributed by atoms with E-state index in [9.17, 15) is 19.7 Å². The van der Waals surface area contributed by atoms with Crippen LogP contribution in [0.15, 0.2) is 88.8 Å². The molecular weight excluding hydrogens is 586 g/mol. The molecule has 1 aromatic heterocycles. The molecule has 1 amide bonds. The molecule has 0 saturated heterocycles. The van der Waals surface area contributed by atoms with E-state index in [0.29, 0.717) is 33.5 Å². The number of anilines is 1. The number of benzene rings is 4. The maximum Gasteiger partial charge on any atom is 0.311 e. The van der Waals surface area contributed by atoms with Crippen molar-refractivity contribution in [3.05, 3.63) is 122 Å². The maximum absolute atomic E-state index is 13.7. The number of aromatic nitrogens is 2. The van der Waals surface area contributed by atoms with E-state index in [2.05, 4.69) is 10.4 Å². The topological polar surface area (TPSA) is 138 Å². The first kappa shape index (κ1) is 31.6. The average molecular weight is 620 g/mol. The van der Waals surface area contributed by atoms with E-state index in [0.717, 1.165) is 22.4 Å². The van der Waals surface area contributed by atoms with Crippen LogP contribution in [0.1, 0.15) is 42.0 Å². The Morgan fingerprint density at radius 1 is 1.02 bits per heavy atom. The number of nitrogens with zero attached hydrogens (tertiary/aromatic N) is 4. The Balaban J connectivity index is 1.50. The first-order valence-electron chi connectivity index (χ1n) is 14.6. The van der Waals surface area contributed by atoms with Crippen LogP contribution >= 0.6 is 0 Å². The number of hydrogen-bond acceptors (Lipinski definition) is 8. The lowest BCUT2D eigenvalue weighted by molar-refractivity contribution is -0.385. The predicted molar refractivity (Wildman–Crippen MR) is 178 cm³/mol. The van der Waals surface area contributed by atoms with Crippen LogP contribution in [-0.4, -0.2) is 40.4 Å². The number of nitro groups is 1. The highest BCUT2D eigenvalue weighted by Gasteiger charge is 2.20. The van der Waals surface area contributed by atoms with E-state index in [1.54, 1.807) is 43.5 Å². The zero-order chi connectivity index (χ0) is 33.0. The first-order valence-corrected chi connectivity index (χ1v) is 14.6. The number of ether oxygens (including phenoxy) is 2. The van der Waals surface area contributed by atoms with Gasteiger partial charge in [-0.1, -0.05) is 44.2 Å². The summed E-state index contributed by atoms with van der Waals surface area (Å²) in [4.78, 5) is 42.4. The van der Waals surface area contributed by atoms with Crippen molar-refractivity contribution in [2.75, 3.05) is 19.0 Å². The van der Waals surface area contributed by atoms with Crippen molar-refractivity contribution in [1.29, 1.82) is 0 Å². The van der Waals surface area contributed by atoms with Crippen LogP contribution in [0.3, 0.4) is 0 Å². The standard InChI is InChI=1S/C35H33N5O6/c1-21(2)26-18-27(23(4)16-32(26)45-5)34-38-29-13-9-7-11-25(29)35(42)39(34)36-19-24-14-15-31(30(17-24)40(43)44)46-20-33(41)37-28-12-8-6-10-22(28)3/h6-19,21H,20H2,1-5H3,(H,37,41). The summed E-state index contributed by atoms with van der Waals surface area (Å²) in [5.41, 5.74) is 4.07. The van der Waals surface area contributed by atoms with Crippen molar-refractivity contribution in [2.24, 2.45) is 5.10 Å². The van der Waals surface area contributed by atoms with Gasteiger partial charge < -0.3 is 14.8 Å². The smallest absolute Gasteiger partial charge is 0.311 e. The molecule has 4 aromatic carbocycles. The Morgan fingerprint density at radius 3 is 2.48 bits per heavy atom. The number of hydrogen-bond donors (Lipinski definition) is 1. The largest absolute Gasteiger partial charge is 0.496 e. The quantitative estimate of drug-likeness (QED) is 0.105. The van der Waals surface area contributed by atoms with Gasteiger partial charge in [0.05, 0.1) is 29.2 Å². The van der Waals surface area contributed by atoms with Crippen LogP contribution in [0.4, 0.5) is 11.4 Å². The molecule has 11 heteroatoms. The number of para-hydroxylation sites is 2. The molecule has 0 radical (unpaired) electrons. The van der Waals surface area contributed by atoms with Gasteiger partial charge in [-0.25, -0.2) is 4.98 Å².